The Balaban J connectivity index is 1.83. The second kappa shape index (κ2) is 9.19. The summed E-state index contributed by atoms with van der Waals surface area (Å²) in [6, 6.07) is 11.2. The summed E-state index contributed by atoms with van der Waals surface area (Å²) < 4.78 is 19.2. The summed E-state index contributed by atoms with van der Waals surface area (Å²) in [5.74, 6) is -0.341. The Morgan fingerprint density at radius 3 is 2.68 bits per heavy atom. The maximum absolute atomic E-state index is 13.9. The molecule has 3 heterocycles. The summed E-state index contributed by atoms with van der Waals surface area (Å²) in [6.07, 6.45) is 1.76. The molecule has 1 N–H and O–H groups in total. The van der Waals surface area contributed by atoms with Crippen molar-refractivity contribution in [2.24, 2.45) is 0 Å². The summed E-state index contributed by atoms with van der Waals surface area (Å²) in [7, 11) is 0. The molecule has 0 spiro atoms. The van der Waals surface area contributed by atoms with Crippen LogP contribution in [0.25, 0.3) is 27.9 Å². The minimum absolute atomic E-state index is 0.257. The summed E-state index contributed by atoms with van der Waals surface area (Å²) in [5.41, 5.74) is 4.36. The van der Waals surface area contributed by atoms with E-state index in [1.165, 1.54) is 6.39 Å². The van der Waals surface area contributed by atoms with Gasteiger partial charge in [0.25, 0.3) is 0 Å². The first-order chi connectivity index (χ1) is 17.5. The van der Waals surface area contributed by atoms with Crippen LogP contribution in [0.2, 0.25) is 0 Å². The molecule has 1 aliphatic heterocycles. The van der Waals surface area contributed by atoms with Gasteiger partial charge in [-0.2, -0.15) is 0 Å². The number of nitrogens with zero attached hydrogens (tertiary/aromatic N) is 2. The fourth-order valence-corrected chi connectivity index (χ4v) is 4.99. The first kappa shape index (κ1) is 24.8. The van der Waals surface area contributed by atoms with Crippen molar-refractivity contribution in [3.63, 3.8) is 0 Å². The van der Waals surface area contributed by atoms with E-state index < -0.39 is 17.7 Å². The molecule has 0 fully saturated rings. The van der Waals surface area contributed by atoms with E-state index in [1.807, 2.05) is 35.8 Å². The number of oxazole rings is 1. The number of carboxylic acids is 1. The van der Waals surface area contributed by atoms with Gasteiger partial charge in [-0.05, 0) is 88.9 Å². The lowest BCUT2D eigenvalue weighted by Gasteiger charge is -2.30. The fourth-order valence-electron chi connectivity index (χ4n) is 4.99. The van der Waals surface area contributed by atoms with Crippen LogP contribution in [0.1, 0.15) is 55.8 Å². The maximum Gasteiger partial charge on any atom is 0.339 e. The van der Waals surface area contributed by atoms with E-state index in [0.29, 0.717) is 45.8 Å². The van der Waals surface area contributed by atoms with Gasteiger partial charge in [0.2, 0.25) is 0 Å². The number of carboxylic acid groups (broad SMARTS) is 1. The van der Waals surface area contributed by atoms with E-state index in [4.69, 9.17) is 13.9 Å². The molecule has 0 saturated heterocycles. The Bertz CT molecular complexity index is 1570. The van der Waals surface area contributed by atoms with Crippen molar-refractivity contribution >= 4 is 17.1 Å². The smallest absolute Gasteiger partial charge is 0.339 e. The van der Waals surface area contributed by atoms with Crippen LogP contribution in [-0.4, -0.2) is 32.8 Å². The van der Waals surface area contributed by atoms with Crippen molar-refractivity contribution in [2.75, 3.05) is 6.61 Å². The highest BCUT2D eigenvalue weighted by Gasteiger charge is 2.33. The number of benzene rings is 2. The molecule has 2 aromatic carbocycles. The quantitative estimate of drug-likeness (QED) is 0.383. The number of carbonyl (C=O) groups is 1. The molecule has 8 heteroatoms. The second-order valence-electron chi connectivity index (χ2n) is 10.4. The van der Waals surface area contributed by atoms with Crippen molar-refractivity contribution in [1.29, 1.82) is 0 Å². The lowest BCUT2D eigenvalue weighted by atomic mass is 9.96. The molecule has 1 atom stereocenters. The summed E-state index contributed by atoms with van der Waals surface area (Å²) >= 11 is 0. The van der Waals surface area contributed by atoms with Crippen molar-refractivity contribution in [3.8, 4) is 22.6 Å². The molecule has 2 aromatic heterocycles. The highest BCUT2D eigenvalue weighted by Crippen LogP contribution is 2.35. The zero-order chi connectivity index (χ0) is 26.5. The van der Waals surface area contributed by atoms with Crippen LogP contribution in [0.4, 0.5) is 0 Å². The minimum atomic E-state index is -1.36. The van der Waals surface area contributed by atoms with Crippen LogP contribution in [0.5, 0.6) is 5.75 Å². The molecular formula is C29H30N2O6. The molecule has 0 aliphatic carbocycles. The lowest BCUT2D eigenvalue weighted by Crippen LogP contribution is -2.33. The van der Waals surface area contributed by atoms with Crippen LogP contribution >= 0.6 is 0 Å². The first-order valence-corrected chi connectivity index (χ1v) is 12.3. The van der Waals surface area contributed by atoms with E-state index >= 15 is 0 Å². The van der Waals surface area contributed by atoms with Gasteiger partial charge in [-0.1, -0.05) is 6.07 Å². The van der Waals surface area contributed by atoms with Crippen molar-refractivity contribution < 1.29 is 23.8 Å². The number of ether oxygens (including phenoxy) is 2. The maximum atomic E-state index is 13.9. The number of aromatic nitrogens is 2. The molecular weight excluding hydrogens is 472 g/mol. The Labute approximate surface area is 214 Å². The summed E-state index contributed by atoms with van der Waals surface area (Å²) in [6.45, 7) is 9.55. The number of pyridine rings is 1. The number of fused-ring (bicyclic) bond motifs is 2. The average molecular weight is 503 g/mol. The van der Waals surface area contributed by atoms with Gasteiger partial charge >= 0.3 is 5.97 Å². The number of aliphatic carboxylic acids is 1. The monoisotopic (exact) mass is 502 g/mol. The predicted molar refractivity (Wildman–Crippen MR) is 140 cm³/mol. The van der Waals surface area contributed by atoms with Crippen LogP contribution in [0.15, 0.2) is 52.0 Å². The second-order valence-corrected chi connectivity index (χ2v) is 10.4. The third kappa shape index (κ3) is 4.53. The van der Waals surface area contributed by atoms with E-state index in [2.05, 4.69) is 4.98 Å². The van der Waals surface area contributed by atoms with Gasteiger partial charge in [0.15, 0.2) is 23.5 Å². The topological polar surface area (TPSA) is 104 Å². The highest BCUT2D eigenvalue weighted by molar-refractivity contribution is 5.82. The first-order valence-electron chi connectivity index (χ1n) is 12.3. The molecule has 0 amide bonds. The van der Waals surface area contributed by atoms with E-state index in [0.717, 1.165) is 29.8 Å². The van der Waals surface area contributed by atoms with Gasteiger partial charge in [0.1, 0.15) is 11.3 Å². The molecule has 1 aliphatic rings. The van der Waals surface area contributed by atoms with Crippen LogP contribution in [-0.2, 0) is 16.0 Å². The number of hydrogen-bond acceptors (Lipinski definition) is 6. The predicted octanol–water partition coefficient (Wildman–Crippen LogP) is 5.53. The molecule has 192 valence electrons. The third-order valence-electron chi connectivity index (χ3n) is 6.60. The largest absolute Gasteiger partial charge is 0.493 e. The van der Waals surface area contributed by atoms with Crippen molar-refractivity contribution in [2.45, 2.75) is 59.2 Å². The Kier molecular flexibility index (Phi) is 6.15. The van der Waals surface area contributed by atoms with Crippen molar-refractivity contribution in [1.82, 2.24) is 9.55 Å². The van der Waals surface area contributed by atoms with Gasteiger partial charge < -0.3 is 23.6 Å². The van der Waals surface area contributed by atoms with Gasteiger partial charge in [-0.25, -0.2) is 9.78 Å². The molecule has 37 heavy (non-hydrogen) atoms. The van der Waals surface area contributed by atoms with E-state index in [-0.39, 0.29) is 5.43 Å². The fraction of sp³-hybridized carbons (Fsp3) is 0.345. The normalized spacial score (nSPS) is 14.3. The Morgan fingerprint density at radius 2 is 1.95 bits per heavy atom. The number of aryl methyl sites for hydroxylation is 1. The van der Waals surface area contributed by atoms with Gasteiger partial charge in [-0.3, -0.25) is 4.79 Å². The lowest BCUT2D eigenvalue weighted by molar-refractivity contribution is -0.161. The molecule has 0 bridgehead atoms. The molecule has 0 radical (unpaired) electrons. The Morgan fingerprint density at radius 1 is 1.16 bits per heavy atom. The molecule has 8 nitrogen and oxygen atoms in total. The SMILES string of the molecule is Cc1c(C(OC(C)(C)C)C(=O)O)n(-c2ccc3c(c2)CCCO3)c(C)c(-c2ccc3ncoc3c2)c1=O. The highest BCUT2D eigenvalue weighted by atomic mass is 16.5. The molecule has 4 aromatic rings. The van der Waals surface area contributed by atoms with Gasteiger partial charge in [0.05, 0.1) is 17.9 Å². The van der Waals surface area contributed by atoms with E-state index in [1.54, 1.807) is 39.8 Å². The molecule has 1 unspecified atom stereocenters. The standard InChI is InChI=1S/C29H30N2O6/c1-16-25(27(28(33)34)37-29(3,4)5)31(20-9-11-22-18(13-20)7-6-12-35-22)17(2)24(26(16)32)19-8-10-21-23(14-19)36-15-30-21/h8-11,13-15,27H,6-7,12H2,1-5H3,(H,33,34). The summed E-state index contributed by atoms with van der Waals surface area (Å²) in [4.78, 5) is 30.6. The van der Waals surface area contributed by atoms with Crippen LogP contribution in [0.3, 0.4) is 0 Å². The van der Waals surface area contributed by atoms with Gasteiger partial charge in [-0.15, -0.1) is 0 Å². The van der Waals surface area contributed by atoms with Crippen molar-refractivity contribution in [3.05, 3.63) is 75.5 Å². The summed E-state index contributed by atoms with van der Waals surface area (Å²) in [5, 5.41) is 10.3. The van der Waals surface area contributed by atoms with E-state index in [9.17, 15) is 14.7 Å². The minimum Gasteiger partial charge on any atom is -0.493 e. The molecule has 0 saturated carbocycles. The zero-order valence-electron chi connectivity index (χ0n) is 21.6. The third-order valence-corrected chi connectivity index (χ3v) is 6.60. The molecule has 5 rings (SSSR count). The number of rotatable bonds is 5. The average Bonchev–Trinajstić information content (AvgIpc) is 3.32. The van der Waals surface area contributed by atoms with Crippen LogP contribution in [0, 0.1) is 13.8 Å². The Hall–Kier alpha value is -3.91. The van der Waals surface area contributed by atoms with Gasteiger partial charge in [0, 0.05) is 22.5 Å². The van der Waals surface area contributed by atoms with Crippen LogP contribution < -0.4 is 10.2 Å². The zero-order valence-corrected chi connectivity index (χ0v) is 21.6. The number of hydrogen-bond donors (Lipinski definition) is 1.